The minimum Gasteiger partial charge on any atom is -0.466 e. The van der Waals surface area contributed by atoms with Crippen molar-refractivity contribution in [2.24, 2.45) is 0 Å². The zero-order valence-electron chi connectivity index (χ0n) is 39.6. The second-order valence-corrected chi connectivity index (χ2v) is 26.4. The predicted molar refractivity (Wildman–Crippen MR) is 270 cm³/mol. The number of carbonyl (C=O) groups is 2. The molecular weight excluding hydrogens is 825 g/mol. The third-order valence-electron chi connectivity index (χ3n) is 11.2. The van der Waals surface area contributed by atoms with E-state index >= 15 is 0 Å². The number of hydrogen-bond donors (Lipinski definition) is 0. The molecule has 0 heterocycles. The number of ether oxygens (including phenoxy) is 2. The van der Waals surface area contributed by atoms with E-state index in [2.05, 4.69) is 212 Å². The first-order valence-electron chi connectivity index (χ1n) is 22.8. The molecule has 0 fully saturated rings. The Morgan fingerprint density at radius 2 is 1.06 bits per heavy atom. The quantitative estimate of drug-likeness (QED) is 0.0359. The summed E-state index contributed by atoms with van der Waals surface area (Å²) in [5.74, 6) is 5.38. The Balaban J connectivity index is 1.66. The van der Waals surface area contributed by atoms with E-state index in [1.165, 1.54) is 27.7 Å². The summed E-state index contributed by atoms with van der Waals surface area (Å²) >= 11 is 0. The fourth-order valence-electron chi connectivity index (χ4n) is 8.20. The lowest BCUT2D eigenvalue weighted by atomic mass is 10.1. The molecule has 0 saturated carbocycles. The zero-order chi connectivity index (χ0) is 46.5. The normalized spacial score (nSPS) is 14.1. The van der Waals surface area contributed by atoms with E-state index in [0.29, 0.717) is 25.9 Å². The molecule has 0 saturated heterocycles. The molecule has 4 aromatic carbocycles. The molecule has 0 aliphatic heterocycles. The highest BCUT2D eigenvalue weighted by molar-refractivity contribution is 7.00. The Morgan fingerprint density at radius 3 is 1.48 bits per heavy atom. The van der Waals surface area contributed by atoms with Gasteiger partial charge in [0.05, 0.1) is 18.8 Å². The number of hydrogen-bond acceptors (Lipinski definition) is 6. The monoisotopic (exact) mass is 894 g/mol. The van der Waals surface area contributed by atoms with Crippen LogP contribution in [0.25, 0.3) is 0 Å². The first kappa shape index (κ1) is 51.3. The summed E-state index contributed by atoms with van der Waals surface area (Å²) in [6, 6.07) is 42.9. The molecular formula is C56H70O6Si2. The molecule has 0 bridgehead atoms. The van der Waals surface area contributed by atoms with Crippen molar-refractivity contribution in [3.8, 4) is 11.8 Å². The summed E-state index contributed by atoms with van der Waals surface area (Å²) in [4.78, 5) is 23.6. The van der Waals surface area contributed by atoms with Gasteiger partial charge in [-0.25, -0.2) is 0 Å². The van der Waals surface area contributed by atoms with Crippen LogP contribution in [0.15, 0.2) is 170 Å². The maximum absolute atomic E-state index is 11.8. The summed E-state index contributed by atoms with van der Waals surface area (Å²) < 4.78 is 25.5. The van der Waals surface area contributed by atoms with E-state index < -0.39 is 28.7 Å². The van der Waals surface area contributed by atoms with Crippen LogP contribution >= 0.6 is 0 Å². The molecule has 8 heteroatoms. The van der Waals surface area contributed by atoms with E-state index in [1.54, 1.807) is 13.0 Å². The van der Waals surface area contributed by atoms with E-state index in [4.69, 9.17) is 18.3 Å². The molecule has 0 N–H and O–H groups in total. The lowest BCUT2D eigenvalue weighted by Gasteiger charge is -2.44. The third-order valence-corrected chi connectivity index (χ3v) is 21.3. The highest BCUT2D eigenvalue weighted by atomic mass is 28.4. The van der Waals surface area contributed by atoms with Gasteiger partial charge in [-0.3, -0.25) is 9.59 Å². The van der Waals surface area contributed by atoms with Crippen LogP contribution < -0.4 is 20.7 Å². The molecule has 0 aliphatic carbocycles. The maximum atomic E-state index is 11.8. The van der Waals surface area contributed by atoms with Crippen molar-refractivity contribution in [2.75, 3.05) is 6.61 Å². The molecule has 6 nitrogen and oxygen atoms in total. The van der Waals surface area contributed by atoms with Crippen molar-refractivity contribution in [3.63, 3.8) is 0 Å². The molecule has 0 spiro atoms. The van der Waals surface area contributed by atoms with E-state index in [-0.39, 0.29) is 34.7 Å². The van der Waals surface area contributed by atoms with Gasteiger partial charge in [0, 0.05) is 13.3 Å². The molecule has 0 amide bonds. The first-order chi connectivity index (χ1) is 30.7. The first-order valence-corrected chi connectivity index (χ1v) is 26.6. The third kappa shape index (κ3) is 14.4. The number of rotatable bonds is 21. The molecule has 0 unspecified atom stereocenters. The van der Waals surface area contributed by atoms with Gasteiger partial charge < -0.3 is 18.3 Å². The van der Waals surface area contributed by atoms with Gasteiger partial charge in [-0.15, -0.1) is 0 Å². The Labute approximate surface area is 386 Å². The van der Waals surface area contributed by atoms with E-state index in [1.807, 2.05) is 12.2 Å². The predicted octanol–water partition coefficient (Wildman–Crippen LogP) is 10.6. The van der Waals surface area contributed by atoms with Crippen LogP contribution in [0.1, 0.15) is 94.4 Å². The largest absolute Gasteiger partial charge is 0.466 e. The Morgan fingerprint density at radius 1 is 0.625 bits per heavy atom. The van der Waals surface area contributed by atoms with Gasteiger partial charge in [0.15, 0.2) is 6.10 Å². The number of allylic oxidation sites excluding steroid dienone is 5. The standard InChI is InChI=1S/C56H70O6Si2/c1-10-47(61-63(55(4,5)6,50-37-23-15-24-38-50)51-39-25-16-26-40-51)32-21-14-22-35-49(34-20-13-12-19-33-48(60-46(3)57)36-31-45-54(58)59-11-2)62-64(56(7,8)9,52-41-27-17-28-42-52)53-43-29-18-30-44-53/h12-18,20-30,32,34,37-44,47-49H,10-11,31,35-36,45H2,1-9H3/b13-12+,22-14-,32-21+,34-20+/t47-,48-,49+/m1/s1. The fraction of sp³-hybridized carbons (Fsp3) is 0.357. The number of esters is 2. The Hall–Kier alpha value is -5.31. The second-order valence-electron chi connectivity index (χ2n) is 17.9. The van der Waals surface area contributed by atoms with Crippen LogP contribution in [0, 0.1) is 11.8 Å². The lowest BCUT2D eigenvalue weighted by Crippen LogP contribution is -2.67. The molecule has 3 atom stereocenters. The maximum Gasteiger partial charge on any atom is 0.305 e. The van der Waals surface area contributed by atoms with Crippen LogP contribution in [0.5, 0.6) is 0 Å². The Kier molecular flexibility index (Phi) is 20.3. The summed E-state index contributed by atoms with van der Waals surface area (Å²) in [5.41, 5.74) is 0. The van der Waals surface area contributed by atoms with Crippen molar-refractivity contribution < 1.29 is 27.9 Å². The van der Waals surface area contributed by atoms with Crippen LogP contribution in [-0.4, -0.2) is 53.5 Å². The van der Waals surface area contributed by atoms with Gasteiger partial charge in [0.2, 0.25) is 0 Å². The van der Waals surface area contributed by atoms with Gasteiger partial charge in [0.25, 0.3) is 16.6 Å². The zero-order valence-corrected chi connectivity index (χ0v) is 41.6. The van der Waals surface area contributed by atoms with Crippen molar-refractivity contribution in [1.82, 2.24) is 0 Å². The SMILES string of the molecule is CCOC(=O)CCC[C@@H](C#C/C=C/C=C/[C@@H](C/C=C\C=C\[C@@H](CC)O[Si](c1ccccc1)(c1ccccc1)C(C)(C)C)O[Si](c1ccccc1)(c1ccccc1)C(C)(C)C)OC(C)=O. The summed E-state index contributed by atoms with van der Waals surface area (Å²) in [6.07, 6.45) is 18.0. The fourth-order valence-corrected chi connectivity index (χ4v) is 17.6. The Bertz CT molecular complexity index is 2110. The molecule has 338 valence electrons. The smallest absolute Gasteiger partial charge is 0.305 e. The summed E-state index contributed by atoms with van der Waals surface area (Å²) in [7, 11) is -5.63. The van der Waals surface area contributed by atoms with Crippen molar-refractivity contribution in [2.45, 2.75) is 123 Å². The average Bonchev–Trinajstić information content (AvgIpc) is 3.27. The van der Waals surface area contributed by atoms with Gasteiger partial charge in [-0.2, -0.15) is 0 Å². The molecule has 64 heavy (non-hydrogen) atoms. The van der Waals surface area contributed by atoms with Crippen LogP contribution in [0.4, 0.5) is 0 Å². The minimum absolute atomic E-state index is 0.0933. The van der Waals surface area contributed by atoms with Crippen molar-refractivity contribution in [3.05, 3.63) is 170 Å². The van der Waals surface area contributed by atoms with E-state index in [0.717, 1.165) is 6.42 Å². The van der Waals surface area contributed by atoms with Gasteiger partial charge in [-0.05, 0) is 69.5 Å². The average molecular weight is 895 g/mol. The minimum atomic E-state index is -2.90. The van der Waals surface area contributed by atoms with Crippen LogP contribution in [0.3, 0.4) is 0 Å². The topological polar surface area (TPSA) is 71.1 Å². The van der Waals surface area contributed by atoms with Crippen molar-refractivity contribution in [1.29, 1.82) is 0 Å². The van der Waals surface area contributed by atoms with E-state index in [9.17, 15) is 9.59 Å². The highest BCUT2D eigenvalue weighted by Gasteiger charge is 2.52. The second kappa shape index (κ2) is 25.3. The van der Waals surface area contributed by atoms with Gasteiger partial charge in [-0.1, -0.05) is 224 Å². The lowest BCUT2D eigenvalue weighted by molar-refractivity contribution is -0.144. The highest BCUT2D eigenvalue weighted by Crippen LogP contribution is 2.39. The van der Waals surface area contributed by atoms with Crippen LogP contribution in [0.2, 0.25) is 10.1 Å². The van der Waals surface area contributed by atoms with Crippen molar-refractivity contribution >= 4 is 49.3 Å². The molecule has 0 aliphatic rings. The van der Waals surface area contributed by atoms with Gasteiger partial charge >= 0.3 is 11.9 Å². The molecule has 0 radical (unpaired) electrons. The summed E-state index contributed by atoms with van der Waals surface area (Å²) in [5, 5.41) is 4.62. The molecule has 4 aromatic rings. The number of carbonyl (C=O) groups excluding carboxylic acids is 2. The van der Waals surface area contributed by atoms with Gasteiger partial charge in [0.1, 0.15) is 0 Å². The molecule has 0 aromatic heterocycles. The molecule has 4 rings (SSSR count). The number of benzene rings is 4. The van der Waals surface area contributed by atoms with Crippen LogP contribution in [-0.2, 0) is 27.9 Å². The summed E-state index contributed by atoms with van der Waals surface area (Å²) in [6.45, 7) is 19.5.